The third kappa shape index (κ3) is 3.20. The lowest BCUT2D eigenvalue weighted by atomic mass is 10.2. The summed E-state index contributed by atoms with van der Waals surface area (Å²) in [5, 5.41) is 10.7. The molecule has 5 heteroatoms. The summed E-state index contributed by atoms with van der Waals surface area (Å²) < 4.78 is 1.76. The molecule has 0 radical (unpaired) electrons. The van der Waals surface area contributed by atoms with E-state index in [4.69, 9.17) is 0 Å². The normalized spacial score (nSPS) is 15.5. The van der Waals surface area contributed by atoms with Crippen molar-refractivity contribution in [1.29, 1.82) is 0 Å². The molecule has 0 bridgehead atoms. The van der Waals surface area contributed by atoms with E-state index in [0.717, 1.165) is 11.4 Å². The van der Waals surface area contributed by atoms with Crippen LogP contribution in [0, 0.1) is 0 Å². The van der Waals surface area contributed by atoms with Crippen LogP contribution in [0.15, 0.2) is 36.4 Å². The van der Waals surface area contributed by atoms with Crippen LogP contribution in [-0.4, -0.2) is 35.3 Å². The smallest absolute Gasteiger partial charge is 0.270 e. The largest absolute Gasteiger partial charge is 0.349 e. The second-order valence-corrected chi connectivity index (χ2v) is 5.88. The van der Waals surface area contributed by atoms with Gasteiger partial charge in [-0.25, -0.2) is 4.68 Å². The number of hydrogen-bond donors (Lipinski definition) is 2. The van der Waals surface area contributed by atoms with E-state index < -0.39 is 0 Å². The summed E-state index contributed by atoms with van der Waals surface area (Å²) in [6.07, 6.45) is 2.34. The summed E-state index contributed by atoms with van der Waals surface area (Å²) in [5.41, 5.74) is 2.55. The van der Waals surface area contributed by atoms with Gasteiger partial charge in [-0.1, -0.05) is 18.2 Å². The Bertz CT molecular complexity index is 646. The maximum absolute atomic E-state index is 12.5. The van der Waals surface area contributed by atoms with Crippen LogP contribution in [0.2, 0.25) is 0 Å². The minimum atomic E-state index is -0.0784. The van der Waals surface area contributed by atoms with E-state index in [9.17, 15) is 4.79 Å². The summed E-state index contributed by atoms with van der Waals surface area (Å²) in [6, 6.07) is 12.0. The minimum Gasteiger partial charge on any atom is -0.349 e. The van der Waals surface area contributed by atoms with Crippen LogP contribution in [0.5, 0.6) is 0 Å². The molecule has 1 atom stereocenters. The number of nitrogens with one attached hydrogen (secondary N) is 2. The molecule has 0 saturated heterocycles. The first-order valence-corrected chi connectivity index (χ1v) is 7.80. The first kappa shape index (κ1) is 14.8. The van der Waals surface area contributed by atoms with E-state index in [1.807, 2.05) is 50.4 Å². The van der Waals surface area contributed by atoms with Crippen molar-refractivity contribution in [2.75, 3.05) is 13.6 Å². The Labute approximate surface area is 130 Å². The van der Waals surface area contributed by atoms with Crippen LogP contribution < -0.4 is 10.6 Å². The van der Waals surface area contributed by atoms with Gasteiger partial charge in [0.25, 0.3) is 5.91 Å². The Hall–Kier alpha value is -2.14. The van der Waals surface area contributed by atoms with Gasteiger partial charge in [0.2, 0.25) is 0 Å². The van der Waals surface area contributed by atoms with Crippen molar-refractivity contribution in [2.24, 2.45) is 0 Å². The molecule has 1 fully saturated rings. The first-order chi connectivity index (χ1) is 10.7. The monoisotopic (exact) mass is 298 g/mol. The molecule has 1 aromatic carbocycles. The maximum Gasteiger partial charge on any atom is 0.270 e. The fourth-order valence-electron chi connectivity index (χ4n) is 2.34. The van der Waals surface area contributed by atoms with Gasteiger partial charge in [-0.15, -0.1) is 0 Å². The van der Waals surface area contributed by atoms with E-state index in [0.29, 0.717) is 18.2 Å². The second kappa shape index (κ2) is 6.32. The van der Waals surface area contributed by atoms with Crippen molar-refractivity contribution in [1.82, 2.24) is 20.4 Å². The van der Waals surface area contributed by atoms with E-state index in [1.165, 1.54) is 12.8 Å². The maximum atomic E-state index is 12.5. The number of carbonyl (C=O) groups is 1. The van der Waals surface area contributed by atoms with E-state index in [-0.39, 0.29) is 11.9 Å². The number of likely N-dealkylation sites (N-methyl/N-ethyl adjacent to an activating group) is 1. The number of hydrogen-bond acceptors (Lipinski definition) is 3. The van der Waals surface area contributed by atoms with Crippen LogP contribution in [-0.2, 0) is 0 Å². The van der Waals surface area contributed by atoms with Gasteiger partial charge < -0.3 is 10.6 Å². The van der Waals surface area contributed by atoms with Gasteiger partial charge >= 0.3 is 0 Å². The zero-order chi connectivity index (χ0) is 15.5. The highest BCUT2D eigenvalue weighted by atomic mass is 16.2. The molecule has 2 aromatic rings. The van der Waals surface area contributed by atoms with Crippen LogP contribution in [0.25, 0.3) is 5.69 Å². The topological polar surface area (TPSA) is 58.9 Å². The number of aromatic nitrogens is 2. The third-order valence-corrected chi connectivity index (χ3v) is 4.02. The van der Waals surface area contributed by atoms with Crippen LogP contribution in [0.3, 0.4) is 0 Å². The van der Waals surface area contributed by atoms with Gasteiger partial charge in [-0.2, -0.15) is 5.10 Å². The Morgan fingerprint density at radius 2 is 2.09 bits per heavy atom. The summed E-state index contributed by atoms with van der Waals surface area (Å²) in [4.78, 5) is 12.5. The molecule has 5 nitrogen and oxygen atoms in total. The molecule has 1 aliphatic rings. The molecule has 22 heavy (non-hydrogen) atoms. The molecule has 1 unspecified atom stereocenters. The van der Waals surface area contributed by atoms with E-state index in [1.54, 1.807) is 4.68 Å². The zero-order valence-corrected chi connectivity index (χ0v) is 13.0. The molecule has 3 rings (SSSR count). The minimum absolute atomic E-state index is 0.0784. The van der Waals surface area contributed by atoms with Crippen molar-refractivity contribution in [3.63, 3.8) is 0 Å². The number of carbonyl (C=O) groups excluding carboxylic acids is 1. The van der Waals surface area contributed by atoms with E-state index in [2.05, 4.69) is 15.7 Å². The Morgan fingerprint density at radius 1 is 1.36 bits per heavy atom. The van der Waals surface area contributed by atoms with Crippen LogP contribution >= 0.6 is 0 Å². The number of rotatable bonds is 6. The molecule has 1 heterocycles. The molecular formula is C17H22N4O. The second-order valence-electron chi connectivity index (χ2n) is 5.88. The third-order valence-electron chi connectivity index (χ3n) is 4.02. The Kier molecular flexibility index (Phi) is 4.24. The predicted molar refractivity (Wildman–Crippen MR) is 86.4 cm³/mol. The lowest BCUT2D eigenvalue weighted by Crippen LogP contribution is -2.37. The number of para-hydroxylation sites is 1. The van der Waals surface area contributed by atoms with E-state index >= 15 is 0 Å². The van der Waals surface area contributed by atoms with Crippen molar-refractivity contribution >= 4 is 5.91 Å². The first-order valence-electron chi connectivity index (χ1n) is 7.80. The zero-order valence-electron chi connectivity index (χ0n) is 13.0. The Morgan fingerprint density at radius 3 is 2.73 bits per heavy atom. The highest BCUT2D eigenvalue weighted by molar-refractivity contribution is 5.93. The average molecular weight is 298 g/mol. The van der Waals surface area contributed by atoms with Crippen molar-refractivity contribution in [3.8, 4) is 5.69 Å². The van der Waals surface area contributed by atoms with Gasteiger partial charge in [-0.05, 0) is 45.0 Å². The molecule has 0 spiro atoms. The summed E-state index contributed by atoms with van der Waals surface area (Å²) in [6.45, 7) is 2.62. The lowest BCUT2D eigenvalue weighted by Gasteiger charge is -2.12. The standard InChI is InChI=1S/C17H22N4O/c1-12(18-2)11-19-17(22)16-10-15(13-8-9-13)20-21(16)14-6-4-3-5-7-14/h3-7,10,12-13,18H,8-9,11H2,1-2H3,(H,19,22). The molecule has 1 amide bonds. The molecule has 0 aliphatic heterocycles. The fraction of sp³-hybridized carbons (Fsp3) is 0.412. The Balaban J connectivity index is 1.87. The average Bonchev–Trinajstić information content (AvgIpc) is 3.31. The van der Waals surface area contributed by atoms with Gasteiger partial charge in [0.05, 0.1) is 11.4 Å². The summed E-state index contributed by atoms with van der Waals surface area (Å²) in [5.74, 6) is 0.443. The number of amides is 1. The number of nitrogens with zero attached hydrogens (tertiary/aromatic N) is 2. The number of benzene rings is 1. The van der Waals surface area contributed by atoms with Gasteiger partial charge in [0.15, 0.2) is 0 Å². The van der Waals surface area contributed by atoms with Crippen molar-refractivity contribution < 1.29 is 4.79 Å². The molecule has 1 aromatic heterocycles. The molecular weight excluding hydrogens is 276 g/mol. The highest BCUT2D eigenvalue weighted by Crippen LogP contribution is 2.39. The van der Waals surface area contributed by atoms with Crippen molar-refractivity contribution in [3.05, 3.63) is 47.8 Å². The quantitative estimate of drug-likeness (QED) is 0.858. The van der Waals surface area contributed by atoms with Crippen LogP contribution in [0.4, 0.5) is 0 Å². The predicted octanol–water partition coefficient (Wildman–Crippen LogP) is 2.09. The van der Waals surface area contributed by atoms with Crippen LogP contribution in [0.1, 0.15) is 41.9 Å². The molecule has 1 aliphatic carbocycles. The fourth-order valence-corrected chi connectivity index (χ4v) is 2.34. The van der Waals surface area contributed by atoms with Gasteiger partial charge in [0.1, 0.15) is 5.69 Å². The molecule has 2 N–H and O–H groups in total. The lowest BCUT2D eigenvalue weighted by molar-refractivity contribution is 0.0943. The van der Waals surface area contributed by atoms with Crippen molar-refractivity contribution in [2.45, 2.75) is 31.7 Å². The highest BCUT2D eigenvalue weighted by Gasteiger charge is 2.29. The van der Waals surface area contributed by atoms with Gasteiger partial charge in [0, 0.05) is 18.5 Å². The van der Waals surface area contributed by atoms with Gasteiger partial charge in [-0.3, -0.25) is 4.79 Å². The molecule has 116 valence electrons. The summed E-state index contributed by atoms with van der Waals surface area (Å²) in [7, 11) is 1.89. The molecule has 1 saturated carbocycles. The summed E-state index contributed by atoms with van der Waals surface area (Å²) >= 11 is 0. The SMILES string of the molecule is CNC(C)CNC(=O)c1cc(C2CC2)nn1-c1ccccc1.